The van der Waals surface area contributed by atoms with E-state index in [1.54, 1.807) is 0 Å². The lowest BCUT2D eigenvalue weighted by molar-refractivity contribution is 0.660. The van der Waals surface area contributed by atoms with E-state index in [4.69, 9.17) is 8.83 Å². The Labute approximate surface area is 348 Å². The Morgan fingerprint density at radius 1 is 0.350 bits per heavy atom. The van der Waals surface area contributed by atoms with Gasteiger partial charge in [-0.15, -0.1) is 0 Å². The van der Waals surface area contributed by atoms with E-state index in [1.165, 1.54) is 33.4 Å². The molecule has 12 rings (SSSR count). The van der Waals surface area contributed by atoms with Crippen LogP contribution in [0.3, 0.4) is 0 Å². The van der Waals surface area contributed by atoms with Gasteiger partial charge in [0.2, 0.25) is 0 Å². The van der Waals surface area contributed by atoms with Gasteiger partial charge in [-0.1, -0.05) is 166 Å². The zero-order valence-electron chi connectivity index (χ0n) is 33.3. The molecule has 3 heteroatoms. The lowest BCUT2D eigenvalue weighted by Gasteiger charge is -2.28. The summed E-state index contributed by atoms with van der Waals surface area (Å²) in [4.78, 5) is 2.38. The van der Waals surface area contributed by atoms with Crippen molar-refractivity contribution in [3.05, 3.63) is 211 Å². The van der Waals surface area contributed by atoms with Gasteiger partial charge in [-0.25, -0.2) is 0 Å². The molecule has 0 fully saturated rings. The molecule has 1 aliphatic rings. The molecule has 0 N–H and O–H groups in total. The molecule has 0 spiro atoms. The third-order valence-corrected chi connectivity index (χ3v) is 12.7. The van der Waals surface area contributed by atoms with Crippen molar-refractivity contribution in [2.75, 3.05) is 4.90 Å². The zero-order chi connectivity index (χ0) is 40.0. The lowest BCUT2D eigenvalue weighted by atomic mass is 9.81. The largest absolute Gasteiger partial charge is 0.455 e. The molecule has 0 saturated carbocycles. The first kappa shape index (κ1) is 34.4. The maximum Gasteiger partial charge on any atom is 0.143 e. The minimum Gasteiger partial charge on any atom is -0.455 e. The fourth-order valence-electron chi connectivity index (χ4n) is 9.75. The normalized spacial score (nSPS) is 13.0. The van der Waals surface area contributed by atoms with Crippen molar-refractivity contribution in [2.24, 2.45) is 0 Å². The number of para-hydroxylation sites is 4. The number of anilines is 3. The van der Waals surface area contributed by atoms with Crippen LogP contribution in [-0.2, 0) is 5.41 Å². The summed E-state index contributed by atoms with van der Waals surface area (Å²) < 4.78 is 12.9. The SMILES string of the molecule is CC1(C)c2cc(N(c3ccc(-c4cccc5c4oc4ccccc45)cc3)c3ccc(-c4cccc5c4oc4ccccc45)cc3)ccc2-c2c(-c3ccccc3)cccc21. The molecule has 11 aromatic rings. The van der Waals surface area contributed by atoms with Crippen LogP contribution in [-0.4, -0.2) is 0 Å². The molecule has 1 aliphatic carbocycles. The number of nitrogens with zero attached hydrogens (tertiary/aromatic N) is 1. The van der Waals surface area contributed by atoms with Crippen LogP contribution in [0.4, 0.5) is 17.1 Å². The summed E-state index contributed by atoms with van der Waals surface area (Å²) in [6, 6.07) is 71.8. The topological polar surface area (TPSA) is 29.5 Å². The van der Waals surface area contributed by atoms with Gasteiger partial charge in [0, 0.05) is 55.1 Å². The van der Waals surface area contributed by atoms with Crippen LogP contribution in [0.15, 0.2) is 209 Å². The van der Waals surface area contributed by atoms with Gasteiger partial charge < -0.3 is 13.7 Å². The van der Waals surface area contributed by atoms with Gasteiger partial charge in [0.25, 0.3) is 0 Å². The molecule has 0 unspecified atom stereocenters. The van der Waals surface area contributed by atoms with Crippen molar-refractivity contribution in [1.29, 1.82) is 0 Å². The van der Waals surface area contributed by atoms with Crippen molar-refractivity contribution in [2.45, 2.75) is 19.3 Å². The third-order valence-electron chi connectivity index (χ3n) is 12.7. The van der Waals surface area contributed by atoms with E-state index >= 15 is 0 Å². The third kappa shape index (κ3) is 5.22. The molecule has 60 heavy (non-hydrogen) atoms. The van der Waals surface area contributed by atoms with Crippen LogP contribution < -0.4 is 4.90 Å². The van der Waals surface area contributed by atoms with E-state index in [2.05, 4.69) is 195 Å². The highest BCUT2D eigenvalue weighted by atomic mass is 16.3. The molecule has 0 bridgehead atoms. The number of rotatable bonds is 6. The number of fused-ring (bicyclic) bond motifs is 9. The Balaban J connectivity index is 0.993. The molecule has 2 aromatic heterocycles. The van der Waals surface area contributed by atoms with E-state index in [0.717, 1.165) is 83.2 Å². The number of hydrogen-bond acceptors (Lipinski definition) is 3. The minimum atomic E-state index is -0.193. The quantitative estimate of drug-likeness (QED) is 0.169. The van der Waals surface area contributed by atoms with Crippen LogP contribution >= 0.6 is 0 Å². The number of furan rings is 2. The highest BCUT2D eigenvalue weighted by Crippen LogP contribution is 2.54. The second-order valence-electron chi connectivity index (χ2n) is 16.4. The maximum atomic E-state index is 6.45. The van der Waals surface area contributed by atoms with Crippen LogP contribution in [0.25, 0.3) is 88.4 Å². The highest BCUT2D eigenvalue weighted by molar-refractivity contribution is 6.10. The van der Waals surface area contributed by atoms with Crippen molar-refractivity contribution >= 4 is 60.9 Å². The first-order valence-corrected chi connectivity index (χ1v) is 20.7. The summed E-state index contributed by atoms with van der Waals surface area (Å²) in [5, 5.41) is 4.53. The number of hydrogen-bond donors (Lipinski definition) is 0. The maximum absolute atomic E-state index is 6.45. The van der Waals surface area contributed by atoms with Gasteiger partial charge >= 0.3 is 0 Å². The van der Waals surface area contributed by atoms with Gasteiger partial charge in [0.05, 0.1) is 0 Å². The van der Waals surface area contributed by atoms with Crippen LogP contribution in [0.2, 0.25) is 0 Å². The lowest BCUT2D eigenvalue weighted by Crippen LogP contribution is -2.16. The average molecular weight is 770 g/mol. The van der Waals surface area contributed by atoms with Crippen LogP contribution in [0.5, 0.6) is 0 Å². The van der Waals surface area contributed by atoms with Crippen molar-refractivity contribution in [1.82, 2.24) is 0 Å². The molecule has 0 atom stereocenters. The average Bonchev–Trinajstić information content (AvgIpc) is 3.95. The van der Waals surface area contributed by atoms with E-state index in [9.17, 15) is 0 Å². The van der Waals surface area contributed by atoms with Gasteiger partial charge in [0.15, 0.2) is 0 Å². The van der Waals surface area contributed by atoms with Crippen LogP contribution in [0, 0.1) is 0 Å². The predicted molar refractivity (Wildman–Crippen MR) is 250 cm³/mol. The zero-order valence-corrected chi connectivity index (χ0v) is 33.3. The van der Waals surface area contributed by atoms with E-state index in [0.29, 0.717) is 0 Å². The van der Waals surface area contributed by atoms with Crippen LogP contribution in [0.1, 0.15) is 25.0 Å². The molecule has 0 saturated heterocycles. The van der Waals surface area contributed by atoms with Gasteiger partial charge in [-0.05, 0) is 93.0 Å². The van der Waals surface area contributed by atoms with Gasteiger partial charge in [0.1, 0.15) is 22.3 Å². The minimum absolute atomic E-state index is 0.193. The first-order valence-electron chi connectivity index (χ1n) is 20.7. The van der Waals surface area contributed by atoms with Gasteiger partial charge in [-0.3, -0.25) is 0 Å². The fourth-order valence-corrected chi connectivity index (χ4v) is 9.75. The van der Waals surface area contributed by atoms with E-state index in [-0.39, 0.29) is 5.41 Å². The number of benzene rings is 9. The van der Waals surface area contributed by atoms with E-state index in [1.807, 2.05) is 24.3 Å². The summed E-state index contributed by atoms with van der Waals surface area (Å²) >= 11 is 0. The Morgan fingerprint density at radius 3 is 1.40 bits per heavy atom. The first-order chi connectivity index (χ1) is 29.5. The molecule has 0 radical (unpaired) electrons. The summed E-state index contributed by atoms with van der Waals surface area (Å²) in [5.74, 6) is 0. The standard InChI is InChI=1S/C57H39NO2/c1-57(2)50-22-12-17-42(36-13-4-3-5-14-36)54(50)49-34-33-41(35-51(49)57)58(39-29-25-37(26-30-39)43-18-10-20-47-45-15-6-8-23-52(45)59-55(43)47)40-31-27-38(28-32-40)44-19-11-21-48-46-16-7-9-24-53(46)60-56(44)48/h3-35H,1-2H3. The van der Waals surface area contributed by atoms with Crippen molar-refractivity contribution < 1.29 is 8.83 Å². The molecule has 284 valence electrons. The Bertz CT molecular complexity index is 3280. The Morgan fingerprint density at radius 2 is 0.817 bits per heavy atom. The Hall–Kier alpha value is -7.62. The summed E-state index contributed by atoms with van der Waals surface area (Å²) in [5.41, 5.74) is 18.9. The molecule has 0 amide bonds. The summed E-state index contributed by atoms with van der Waals surface area (Å²) in [6.07, 6.45) is 0. The van der Waals surface area contributed by atoms with E-state index < -0.39 is 0 Å². The molecule has 3 nitrogen and oxygen atoms in total. The summed E-state index contributed by atoms with van der Waals surface area (Å²) in [6.45, 7) is 4.73. The smallest absolute Gasteiger partial charge is 0.143 e. The monoisotopic (exact) mass is 769 g/mol. The molecular weight excluding hydrogens is 731 g/mol. The molecular formula is C57H39NO2. The summed E-state index contributed by atoms with van der Waals surface area (Å²) in [7, 11) is 0. The molecule has 0 aliphatic heterocycles. The fraction of sp³-hybridized carbons (Fsp3) is 0.0526. The Kier molecular flexibility index (Phi) is 7.58. The molecule has 9 aromatic carbocycles. The predicted octanol–water partition coefficient (Wildman–Crippen LogP) is 16.3. The van der Waals surface area contributed by atoms with Crippen molar-refractivity contribution in [3.8, 4) is 44.5 Å². The highest BCUT2D eigenvalue weighted by Gasteiger charge is 2.37. The second-order valence-corrected chi connectivity index (χ2v) is 16.4. The van der Waals surface area contributed by atoms with Gasteiger partial charge in [-0.2, -0.15) is 0 Å². The molecule has 2 heterocycles. The van der Waals surface area contributed by atoms with Crippen molar-refractivity contribution in [3.63, 3.8) is 0 Å². The second kappa shape index (κ2) is 13.2.